The number of fused-ring (bicyclic) bond motifs is 1. The summed E-state index contributed by atoms with van der Waals surface area (Å²) < 4.78 is 1.22. The second kappa shape index (κ2) is 5.27. The summed E-state index contributed by atoms with van der Waals surface area (Å²) >= 11 is 7.57. The van der Waals surface area contributed by atoms with Crippen LogP contribution in [0.1, 0.15) is 32.1 Å². The lowest BCUT2D eigenvalue weighted by Crippen LogP contribution is -2.44. The molecular formula is C15H19BrOS2. The molecule has 1 aliphatic heterocycles. The third-order valence-electron chi connectivity index (χ3n) is 4.60. The average Bonchev–Trinajstić information content (AvgIpc) is 2.80. The van der Waals surface area contributed by atoms with E-state index in [1.165, 1.54) is 11.5 Å². The van der Waals surface area contributed by atoms with Crippen molar-refractivity contribution >= 4 is 45.2 Å². The molecule has 0 bridgehead atoms. The molecule has 2 aliphatic carbocycles. The van der Waals surface area contributed by atoms with Crippen molar-refractivity contribution in [3.05, 3.63) is 23.2 Å². The van der Waals surface area contributed by atoms with Crippen molar-refractivity contribution in [1.29, 1.82) is 0 Å². The fourth-order valence-corrected chi connectivity index (χ4v) is 7.35. The van der Waals surface area contributed by atoms with Crippen molar-refractivity contribution in [3.8, 4) is 0 Å². The molecular weight excluding hydrogens is 340 g/mol. The highest BCUT2D eigenvalue weighted by Gasteiger charge is 2.51. The Labute approximate surface area is 132 Å². The first kappa shape index (κ1) is 14.3. The number of hydrogen-bond acceptors (Lipinski definition) is 3. The molecule has 2 atom stereocenters. The van der Waals surface area contributed by atoms with Gasteiger partial charge in [0.05, 0.1) is 4.08 Å². The Balaban J connectivity index is 1.95. The molecule has 1 heterocycles. The van der Waals surface area contributed by atoms with Gasteiger partial charge in [0.2, 0.25) is 0 Å². The van der Waals surface area contributed by atoms with E-state index in [0.717, 1.165) is 36.6 Å². The van der Waals surface area contributed by atoms with Crippen LogP contribution in [0.15, 0.2) is 23.2 Å². The van der Waals surface area contributed by atoms with E-state index in [4.69, 9.17) is 0 Å². The number of carbonyl (C=O) groups excluding carboxylic acids is 1. The Kier molecular flexibility index (Phi) is 3.96. The Morgan fingerprint density at radius 2 is 2.16 bits per heavy atom. The first-order valence-electron chi connectivity index (χ1n) is 6.90. The van der Waals surface area contributed by atoms with Gasteiger partial charge in [0.25, 0.3) is 0 Å². The molecule has 19 heavy (non-hydrogen) atoms. The van der Waals surface area contributed by atoms with Crippen LogP contribution in [0.5, 0.6) is 0 Å². The smallest absolute Gasteiger partial charge is 0.136 e. The van der Waals surface area contributed by atoms with E-state index in [9.17, 15) is 4.79 Å². The lowest BCUT2D eigenvalue weighted by atomic mass is 9.60. The standard InChI is InChI=1S/C15H19BrOS2/c1-11(16)9-14-4-2-3-13(17)12(14)10-15(6-5-14)18-7-8-19-15/h5-6,12H,1-4,7-10H2/t12-,14-/m1/s1. The van der Waals surface area contributed by atoms with Gasteiger partial charge < -0.3 is 0 Å². The molecule has 0 N–H and O–H groups in total. The summed E-state index contributed by atoms with van der Waals surface area (Å²) in [6, 6.07) is 0. The fraction of sp³-hybridized carbons (Fsp3) is 0.667. The SMILES string of the molecule is C=C(Br)C[C@@]12C=CC3(C[C@@H]1C(=O)CCC2)SCCS3. The van der Waals surface area contributed by atoms with Gasteiger partial charge in [-0.25, -0.2) is 0 Å². The van der Waals surface area contributed by atoms with Crippen molar-refractivity contribution in [2.45, 2.75) is 36.2 Å². The normalized spacial score (nSPS) is 36.5. The van der Waals surface area contributed by atoms with E-state index in [1.54, 1.807) is 0 Å². The summed E-state index contributed by atoms with van der Waals surface area (Å²) in [4.78, 5) is 12.5. The van der Waals surface area contributed by atoms with Crippen LogP contribution in [0.4, 0.5) is 0 Å². The van der Waals surface area contributed by atoms with Crippen LogP contribution in [0.25, 0.3) is 0 Å². The minimum Gasteiger partial charge on any atom is -0.299 e. The number of thioether (sulfide) groups is 2. The van der Waals surface area contributed by atoms with Crippen LogP contribution >= 0.6 is 39.5 Å². The number of hydrogen-bond donors (Lipinski definition) is 0. The zero-order valence-electron chi connectivity index (χ0n) is 11.0. The topological polar surface area (TPSA) is 17.1 Å². The van der Waals surface area contributed by atoms with Crippen LogP contribution < -0.4 is 0 Å². The third-order valence-corrected chi connectivity index (χ3v) is 8.25. The summed E-state index contributed by atoms with van der Waals surface area (Å²) in [6.07, 6.45) is 9.66. The molecule has 0 amide bonds. The van der Waals surface area contributed by atoms with Crippen molar-refractivity contribution in [3.63, 3.8) is 0 Å². The van der Waals surface area contributed by atoms with Crippen LogP contribution in [-0.4, -0.2) is 21.4 Å². The summed E-state index contributed by atoms with van der Waals surface area (Å²) in [7, 11) is 0. The van der Waals surface area contributed by atoms with Gasteiger partial charge in [0.15, 0.2) is 0 Å². The minimum atomic E-state index is 0.0465. The van der Waals surface area contributed by atoms with E-state index in [-0.39, 0.29) is 15.4 Å². The predicted molar refractivity (Wildman–Crippen MR) is 88.9 cm³/mol. The van der Waals surface area contributed by atoms with E-state index in [1.807, 2.05) is 23.5 Å². The first-order chi connectivity index (χ1) is 9.05. The number of allylic oxidation sites excluding steroid dienone is 2. The monoisotopic (exact) mass is 358 g/mol. The highest BCUT2D eigenvalue weighted by molar-refractivity contribution is 9.11. The van der Waals surface area contributed by atoms with E-state index in [2.05, 4.69) is 34.7 Å². The molecule has 104 valence electrons. The molecule has 1 saturated carbocycles. The van der Waals surface area contributed by atoms with Crippen molar-refractivity contribution < 1.29 is 4.79 Å². The zero-order valence-corrected chi connectivity index (χ0v) is 14.2. The maximum Gasteiger partial charge on any atom is 0.136 e. The second-order valence-corrected chi connectivity index (χ2v) is 10.1. The molecule has 4 heteroatoms. The van der Waals surface area contributed by atoms with Crippen molar-refractivity contribution in [2.75, 3.05) is 11.5 Å². The molecule has 1 spiro atoms. The van der Waals surface area contributed by atoms with E-state index >= 15 is 0 Å². The molecule has 0 aromatic carbocycles. The van der Waals surface area contributed by atoms with Crippen LogP contribution in [0.3, 0.4) is 0 Å². The lowest BCUT2D eigenvalue weighted by Gasteiger charge is -2.47. The van der Waals surface area contributed by atoms with E-state index in [0.29, 0.717) is 5.78 Å². The molecule has 0 aromatic rings. The molecule has 3 rings (SSSR count). The van der Waals surface area contributed by atoms with Crippen LogP contribution in [0.2, 0.25) is 0 Å². The highest BCUT2D eigenvalue weighted by atomic mass is 79.9. The Bertz CT molecular complexity index is 439. The number of ketones is 1. The Morgan fingerprint density at radius 1 is 1.42 bits per heavy atom. The Hall–Kier alpha value is 0.330. The second-order valence-electron chi connectivity index (χ2n) is 5.85. The number of Topliss-reactive ketones (excluding diaryl/α,β-unsaturated/α-hetero) is 1. The van der Waals surface area contributed by atoms with Gasteiger partial charge in [-0.05, 0) is 30.2 Å². The average molecular weight is 359 g/mol. The minimum absolute atomic E-state index is 0.0465. The molecule has 0 unspecified atom stereocenters. The van der Waals surface area contributed by atoms with Crippen LogP contribution in [0, 0.1) is 11.3 Å². The van der Waals surface area contributed by atoms with Gasteiger partial charge in [-0.3, -0.25) is 4.79 Å². The first-order valence-corrected chi connectivity index (χ1v) is 9.66. The lowest BCUT2D eigenvalue weighted by molar-refractivity contribution is -0.129. The van der Waals surface area contributed by atoms with E-state index < -0.39 is 0 Å². The molecule has 1 nitrogen and oxygen atoms in total. The quantitative estimate of drug-likeness (QED) is 0.661. The highest BCUT2D eigenvalue weighted by Crippen LogP contribution is 2.59. The fourth-order valence-electron chi connectivity index (χ4n) is 3.74. The third kappa shape index (κ3) is 2.60. The summed E-state index contributed by atoms with van der Waals surface area (Å²) in [6.45, 7) is 4.01. The zero-order chi connectivity index (χ0) is 13.5. The summed E-state index contributed by atoms with van der Waals surface area (Å²) in [5, 5.41) is 0. The van der Waals surface area contributed by atoms with Gasteiger partial charge >= 0.3 is 0 Å². The van der Waals surface area contributed by atoms with Gasteiger partial charge in [-0.15, -0.1) is 23.5 Å². The van der Waals surface area contributed by atoms with Gasteiger partial charge in [0, 0.05) is 29.3 Å². The summed E-state index contributed by atoms with van der Waals surface area (Å²) in [5.74, 6) is 3.12. The van der Waals surface area contributed by atoms with Crippen molar-refractivity contribution in [1.82, 2.24) is 0 Å². The number of rotatable bonds is 2. The molecule has 1 saturated heterocycles. The van der Waals surface area contributed by atoms with Gasteiger partial charge in [-0.1, -0.05) is 34.7 Å². The number of carbonyl (C=O) groups is 1. The molecule has 0 radical (unpaired) electrons. The predicted octanol–water partition coefficient (Wildman–Crippen LogP) is 4.78. The van der Waals surface area contributed by atoms with Gasteiger partial charge in [0.1, 0.15) is 5.78 Å². The van der Waals surface area contributed by atoms with Crippen molar-refractivity contribution in [2.24, 2.45) is 11.3 Å². The summed E-state index contributed by atoms with van der Waals surface area (Å²) in [5.41, 5.74) is 0.0465. The molecule has 3 aliphatic rings. The maximum absolute atomic E-state index is 12.5. The number of halogens is 1. The Morgan fingerprint density at radius 3 is 2.84 bits per heavy atom. The molecule has 2 fully saturated rings. The van der Waals surface area contributed by atoms with Crippen LogP contribution in [-0.2, 0) is 4.79 Å². The van der Waals surface area contributed by atoms with Gasteiger partial charge in [-0.2, -0.15) is 0 Å². The largest absolute Gasteiger partial charge is 0.299 e. The maximum atomic E-state index is 12.5. The molecule has 0 aromatic heterocycles.